The summed E-state index contributed by atoms with van der Waals surface area (Å²) < 4.78 is 12.7. The Balaban J connectivity index is 2.19. The third-order valence-corrected chi connectivity index (χ3v) is 2.81. The summed E-state index contributed by atoms with van der Waals surface area (Å²) in [5, 5.41) is 0. The van der Waals surface area contributed by atoms with E-state index in [9.17, 15) is 9.18 Å². The standard InChI is InChI=1S/C16H23FO/c1-16(2,3)12-15(18)7-5-4-6-13-8-10-14(17)11-9-13/h8-11H,4-7,12H2,1-3H3. The molecule has 18 heavy (non-hydrogen) atoms. The van der Waals surface area contributed by atoms with Crippen molar-refractivity contribution in [1.29, 1.82) is 0 Å². The zero-order chi connectivity index (χ0) is 13.6. The summed E-state index contributed by atoms with van der Waals surface area (Å²) in [6, 6.07) is 6.60. The number of aryl methyl sites for hydroxylation is 1. The fourth-order valence-electron chi connectivity index (χ4n) is 1.98. The average molecular weight is 250 g/mol. The molecule has 100 valence electrons. The Bertz CT molecular complexity index is 373. The third kappa shape index (κ3) is 6.53. The molecule has 2 heteroatoms. The van der Waals surface area contributed by atoms with E-state index < -0.39 is 0 Å². The second-order valence-corrected chi connectivity index (χ2v) is 6.11. The second kappa shape index (κ2) is 6.67. The number of carbonyl (C=O) groups excluding carboxylic acids is 1. The van der Waals surface area contributed by atoms with Crippen LogP contribution in [0.3, 0.4) is 0 Å². The molecule has 0 radical (unpaired) electrons. The van der Waals surface area contributed by atoms with Crippen molar-refractivity contribution < 1.29 is 9.18 Å². The normalized spacial score (nSPS) is 11.6. The monoisotopic (exact) mass is 250 g/mol. The van der Waals surface area contributed by atoms with Crippen LogP contribution < -0.4 is 0 Å². The summed E-state index contributed by atoms with van der Waals surface area (Å²) in [5.74, 6) is 0.153. The molecule has 0 bridgehead atoms. The van der Waals surface area contributed by atoms with Gasteiger partial charge in [0.25, 0.3) is 0 Å². The number of benzene rings is 1. The van der Waals surface area contributed by atoms with Gasteiger partial charge in [-0.2, -0.15) is 0 Å². The van der Waals surface area contributed by atoms with Crippen molar-refractivity contribution in [2.24, 2.45) is 5.41 Å². The quantitative estimate of drug-likeness (QED) is 0.677. The molecule has 0 fully saturated rings. The Kier molecular flexibility index (Phi) is 5.52. The van der Waals surface area contributed by atoms with Crippen LogP contribution in [0.1, 0.15) is 52.0 Å². The highest BCUT2D eigenvalue weighted by Crippen LogP contribution is 2.20. The molecule has 0 aromatic heterocycles. The molecule has 1 aromatic carbocycles. The molecule has 0 saturated carbocycles. The highest BCUT2D eigenvalue weighted by Gasteiger charge is 2.15. The van der Waals surface area contributed by atoms with E-state index in [0.717, 1.165) is 24.8 Å². The Morgan fingerprint density at radius 2 is 1.72 bits per heavy atom. The number of unbranched alkanes of at least 4 members (excludes halogenated alkanes) is 1. The predicted octanol–water partition coefficient (Wildman–Crippen LogP) is 4.54. The van der Waals surface area contributed by atoms with Gasteiger partial charge in [-0.15, -0.1) is 0 Å². The Hall–Kier alpha value is -1.18. The minimum atomic E-state index is -0.195. The van der Waals surface area contributed by atoms with Gasteiger partial charge in [0, 0.05) is 12.8 Å². The number of ketones is 1. The van der Waals surface area contributed by atoms with Crippen LogP contribution in [0, 0.1) is 11.2 Å². The molecule has 0 aliphatic carbocycles. The van der Waals surface area contributed by atoms with Gasteiger partial charge in [-0.1, -0.05) is 32.9 Å². The summed E-state index contributed by atoms with van der Waals surface area (Å²) in [5.41, 5.74) is 1.23. The SMILES string of the molecule is CC(C)(C)CC(=O)CCCCc1ccc(F)cc1. The van der Waals surface area contributed by atoms with Crippen molar-refractivity contribution in [3.63, 3.8) is 0 Å². The van der Waals surface area contributed by atoms with Gasteiger partial charge >= 0.3 is 0 Å². The van der Waals surface area contributed by atoms with Crippen molar-refractivity contribution in [1.82, 2.24) is 0 Å². The van der Waals surface area contributed by atoms with Gasteiger partial charge in [-0.25, -0.2) is 4.39 Å². The second-order valence-electron chi connectivity index (χ2n) is 6.11. The maximum atomic E-state index is 12.7. The van der Waals surface area contributed by atoms with Gasteiger partial charge in [0.2, 0.25) is 0 Å². The summed E-state index contributed by atoms with van der Waals surface area (Å²) >= 11 is 0. The molecule has 1 nitrogen and oxygen atoms in total. The number of hydrogen-bond acceptors (Lipinski definition) is 1. The molecule has 0 aliphatic heterocycles. The van der Waals surface area contributed by atoms with Crippen molar-refractivity contribution in [2.75, 3.05) is 0 Å². The van der Waals surface area contributed by atoms with Crippen LogP contribution in [0.2, 0.25) is 0 Å². The van der Waals surface area contributed by atoms with Crippen LogP contribution in [-0.2, 0) is 11.2 Å². The molecule has 1 rings (SSSR count). The first-order valence-corrected chi connectivity index (χ1v) is 6.63. The van der Waals surface area contributed by atoms with E-state index in [1.807, 2.05) is 12.1 Å². The first-order valence-electron chi connectivity index (χ1n) is 6.63. The number of Topliss-reactive ketones (excluding diaryl/α,β-unsaturated/α-hetero) is 1. The lowest BCUT2D eigenvalue weighted by Crippen LogP contribution is -2.12. The van der Waals surface area contributed by atoms with Crippen LogP contribution >= 0.6 is 0 Å². The Morgan fingerprint density at radius 3 is 2.28 bits per heavy atom. The van der Waals surface area contributed by atoms with Gasteiger partial charge < -0.3 is 0 Å². The zero-order valence-electron chi connectivity index (χ0n) is 11.6. The van der Waals surface area contributed by atoms with Gasteiger partial charge in [-0.3, -0.25) is 4.79 Å². The predicted molar refractivity (Wildman–Crippen MR) is 73.0 cm³/mol. The number of hydrogen-bond donors (Lipinski definition) is 0. The lowest BCUT2D eigenvalue weighted by atomic mass is 9.88. The van der Waals surface area contributed by atoms with Crippen molar-refractivity contribution >= 4 is 5.78 Å². The average Bonchev–Trinajstić information content (AvgIpc) is 2.24. The topological polar surface area (TPSA) is 17.1 Å². The van der Waals surface area contributed by atoms with Crippen LogP contribution in [0.5, 0.6) is 0 Å². The number of rotatable bonds is 6. The van der Waals surface area contributed by atoms with Crippen molar-refractivity contribution in [3.05, 3.63) is 35.6 Å². The van der Waals surface area contributed by atoms with Gasteiger partial charge in [0.15, 0.2) is 0 Å². The lowest BCUT2D eigenvalue weighted by Gasteiger charge is -2.16. The van der Waals surface area contributed by atoms with Gasteiger partial charge in [0.1, 0.15) is 11.6 Å². The maximum Gasteiger partial charge on any atom is 0.133 e. The summed E-state index contributed by atoms with van der Waals surface area (Å²) in [7, 11) is 0. The highest BCUT2D eigenvalue weighted by molar-refractivity contribution is 5.78. The molecule has 0 heterocycles. The maximum absolute atomic E-state index is 12.7. The van der Waals surface area contributed by atoms with E-state index >= 15 is 0 Å². The summed E-state index contributed by atoms with van der Waals surface area (Å²) in [4.78, 5) is 11.7. The molecule has 0 unspecified atom stereocenters. The van der Waals surface area contributed by atoms with Crippen LogP contribution in [0.4, 0.5) is 4.39 Å². The van der Waals surface area contributed by atoms with Gasteiger partial charge in [0.05, 0.1) is 0 Å². The molecule has 0 N–H and O–H groups in total. The molecule has 0 aliphatic rings. The Labute approximate surface area is 109 Å². The molecular formula is C16H23FO. The van der Waals surface area contributed by atoms with E-state index in [-0.39, 0.29) is 11.2 Å². The van der Waals surface area contributed by atoms with E-state index in [1.54, 1.807) is 0 Å². The van der Waals surface area contributed by atoms with E-state index in [0.29, 0.717) is 18.6 Å². The third-order valence-electron chi connectivity index (χ3n) is 2.81. The molecule has 0 spiro atoms. The van der Waals surface area contributed by atoms with E-state index in [2.05, 4.69) is 20.8 Å². The minimum Gasteiger partial charge on any atom is -0.300 e. The number of carbonyl (C=O) groups is 1. The van der Waals surface area contributed by atoms with Gasteiger partial charge in [-0.05, 0) is 42.4 Å². The Morgan fingerprint density at radius 1 is 1.11 bits per heavy atom. The minimum absolute atomic E-state index is 0.0913. The smallest absolute Gasteiger partial charge is 0.133 e. The molecule has 0 atom stereocenters. The summed E-state index contributed by atoms with van der Waals surface area (Å²) in [6.45, 7) is 6.26. The summed E-state index contributed by atoms with van der Waals surface area (Å²) in [6.07, 6.45) is 4.15. The molecule has 0 saturated heterocycles. The lowest BCUT2D eigenvalue weighted by molar-refractivity contribution is -0.120. The van der Waals surface area contributed by atoms with Crippen molar-refractivity contribution in [3.8, 4) is 0 Å². The van der Waals surface area contributed by atoms with Crippen LogP contribution in [0.15, 0.2) is 24.3 Å². The largest absolute Gasteiger partial charge is 0.300 e. The first-order chi connectivity index (χ1) is 8.37. The molecule has 0 amide bonds. The first kappa shape index (κ1) is 14.9. The fourth-order valence-corrected chi connectivity index (χ4v) is 1.98. The fraction of sp³-hybridized carbons (Fsp3) is 0.562. The van der Waals surface area contributed by atoms with Crippen molar-refractivity contribution in [2.45, 2.75) is 52.9 Å². The highest BCUT2D eigenvalue weighted by atomic mass is 19.1. The molecule has 1 aromatic rings. The van der Waals surface area contributed by atoms with Crippen LogP contribution in [0.25, 0.3) is 0 Å². The van der Waals surface area contributed by atoms with E-state index in [1.165, 1.54) is 12.1 Å². The zero-order valence-corrected chi connectivity index (χ0v) is 11.6. The molecular weight excluding hydrogens is 227 g/mol. The number of halogens is 1. The van der Waals surface area contributed by atoms with Crippen LogP contribution in [-0.4, -0.2) is 5.78 Å². The van der Waals surface area contributed by atoms with E-state index in [4.69, 9.17) is 0 Å².